The van der Waals surface area contributed by atoms with E-state index in [-0.39, 0.29) is 34.6 Å². The summed E-state index contributed by atoms with van der Waals surface area (Å²) in [5.41, 5.74) is 0.471. The number of thiophene rings is 1. The Bertz CT molecular complexity index is 721. The molecular weight excluding hydrogens is 362 g/mol. The molecule has 1 saturated carbocycles. The van der Waals surface area contributed by atoms with Gasteiger partial charge in [-0.15, -0.1) is 11.3 Å². The minimum absolute atomic E-state index is 0.0989. The van der Waals surface area contributed by atoms with E-state index < -0.39 is 30.4 Å². The summed E-state index contributed by atoms with van der Waals surface area (Å²) < 4.78 is 14.9. The Labute approximate surface area is 154 Å². The molecular formula is C17H21NO7S. The van der Waals surface area contributed by atoms with Gasteiger partial charge in [0.15, 0.2) is 6.61 Å². The zero-order chi connectivity index (χ0) is 19.3. The van der Waals surface area contributed by atoms with Gasteiger partial charge < -0.3 is 19.5 Å². The summed E-state index contributed by atoms with van der Waals surface area (Å²) in [4.78, 5) is 48.0. The number of anilines is 1. The summed E-state index contributed by atoms with van der Waals surface area (Å²) in [6.07, 6.45) is 1.56. The number of amides is 1. The number of ether oxygens (including phenoxy) is 3. The van der Waals surface area contributed by atoms with Crippen molar-refractivity contribution >= 4 is 40.2 Å². The van der Waals surface area contributed by atoms with Crippen molar-refractivity contribution in [1.82, 2.24) is 0 Å². The van der Waals surface area contributed by atoms with Crippen LogP contribution >= 0.6 is 11.3 Å². The molecule has 0 spiro atoms. The average molecular weight is 383 g/mol. The van der Waals surface area contributed by atoms with Gasteiger partial charge in [0.1, 0.15) is 9.88 Å². The first-order valence-electron chi connectivity index (χ1n) is 8.33. The first-order valence-corrected chi connectivity index (χ1v) is 9.14. The van der Waals surface area contributed by atoms with Crippen LogP contribution in [0.15, 0.2) is 0 Å². The normalized spacial score (nSPS) is 13.0. The Morgan fingerprint density at radius 3 is 2.23 bits per heavy atom. The van der Waals surface area contributed by atoms with Gasteiger partial charge in [0, 0.05) is 0 Å². The summed E-state index contributed by atoms with van der Waals surface area (Å²) in [6, 6.07) is 0. The molecule has 0 radical (unpaired) electrons. The summed E-state index contributed by atoms with van der Waals surface area (Å²) in [5.74, 6) is -2.35. The van der Waals surface area contributed by atoms with Gasteiger partial charge in [-0.1, -0.05) is 0 Å². The molecule has 0 saturated heterocycles. The number of nitrogens with one attached hydrogen (secondary N) is 1. The molecule has 0 unspecified atom stereocenters. The molecule has 1 fully saturated rings. The van der Waals surface area contributed by atoms with E-state index in [0.717, 1.165) is 24.2 Å². The zero-order valence-electron chi connectivity index (χ0n) is 14.9. The molecule has 0 bridgehead atoms. The maximum Gasteiger partial charge on any atom is 0.348 e. The molecule has 0 aromatic carbocycles. The third-order valence-corrected chi connectivity index (χ3v) is 4.78. The lowest BCUT2D eigenvalue weighted by Crippen LogP contribution is -2.22. The highest BCUT2D eigenvalue weighted by molar-refractivity contribution is 7.18. The lowest BCUT2D eigenvalue weighted by Gasteiger charge is -2.07. The molecule has 9 heteroatoms. The second-order valence-electron chi connectivity index (χ2n) is 5.63. The number of esters is 3. The Balaban J connectivity index is 2.16. The van der Waals surface area contributed by atoms with Crippen molar-refractivity contribution in [3.63, 3.8) is 0 Å². The predicted molar refractivity (Wildman–Crippen MR) is 93.3 cm³/mol. The topological polar surface area (TPSA) is 108 Å². The van der Waals surface area contributed by atoms with Crippen LogP contribution in [0.25, 0.3) is 0 Å². The molecule has 8 nitrogen and oxygen atoms in total. The van der Waals surface area contributed by atoms with E-state index in [1.54, 1.807) is 20.8 Å². The fraction of sp³-hybridized carbons (Fsp3) is 0.529. The fourth-order valence-corrected chi connectivity index (χ4v) is 3.28. The number of hydrogen-bond donors (Lipinski definition) is 1. The van der Waals surface area contributed by atoms with Crippen LogP contribution in [0.3, 0.4) is 0 Å². The van der Waals surface area contributed by atoms with Crippen LogP contribution in [0, 0.1) is 12.8 Å². The summed E-state index contributed by atoms with van der Waals surface area (Å²) in [6.45, 7) is 4.78. The van der Waals surface area contributed by atoms with Gasteiger partial charge in [-0.25, -0.2) is 9.59 Å². The highest BCUT2D eigenvalue weighted by atomic mass is 32.1. The predicted octanol–water partition coefficient (Wildman–Crippen LogP) is 2.30. The monoisotopic (exact) mass is 383 g/mol. The van der Waals surface area contributed by atoms with Gasteiger partial charge in [-0.3, -0.25) is 9.59 Å². The van der Waals surface area contributed by atoms with Crippen molar-refractivity contribution in [2.75, 3.05) is 25.1 Å². The number of rotatable bonds is 8. The van der Waals surface area contributed by atoms with Gasteiger partial charge in [0.05, 0.1) is 24.7 Å². The minimum atomic E-state index is -0.651. The van der Waals surface area contributed by atoms with Crippen molar-refractivity contribution in [2.45, 2.75) is 33.6 Å². The highest BCUT2D eigenvalue weighted by Crippen LogP contribution is 2.34. The van der Waals surface area contributed by atoms with Crippen molar-refractivity contribution in [3.8, 4) is 0 Å². The molecule has 1 N–H and O–H groups in total. The first-order chi connectivity index (χ1) is 12.4. The van der Waals surface area contributed by atoms with Crippen LogP contribution in [-0.4, -0.2) is 43.6 Å². The van der Waals surface area contributed by atoms with E-state index in [4.69, 9.17) is 14.2 Å². The van der Waals surface area contributed by atoms with E-state index in [2.05, 4.69) is 5.32 Å². The van der Waals surface area contributed by atoms with Gasteiger partial charge in [0.2, 0.25) is 0 Å². The number of carbonyl (C=O) groups excluding carboxylic acids is 4. The van der Waals surface area contributed by atoms with Crippen LogP contribution in [0.1, 0.15) is 52.3 Å². The molecule has 0 aliphatic heterocycles. The first kappa shape index (κ1) is 19.9. The van der Waals surface area contributed by atoms with Crippen LogP contribution in [0.5, 0.6) is 0 Å². The van der Waals surface area contributed by atoms with Crippen LogP contribution < -0.4 is 5.32 Å². The molecule has 1 aromatic heterocycles. The van der Waals surface area contributed by atoms with E-state index >= 15 is 0 Å². The molecule has 0 atom stereocenters. The Kier molecular flexibility index (Phi) is 6.73. The minimum Gasteiger partial charge on any atom is -0.462 e. The zero-order valence-corrected chi connectivity index (χ0v) is 15.7. The van der Waals surface area contributed by atoms with E-state index in [1.165, 1.54) is 0 Å². The Morgan fingerprint density at radius 1 is 1.04 bits per heavy atom. The van der Waals surface area contributed by atoms with E-state index in [9.17, 15) is 19.2 Å². The van der Waals surface area contributed by atoms with Crippen molar-refractivity contribution in [1.29, 1.82) is 0 Å². The molecule has 1 aliphatic rings. The fourth-order valence-electron chi connectivity index (χ4n) is 2.18. The molecule has 1 heterocycles. The molecule has 142 valence electrons. The summed E-state index contributed by atoms with van der Waals surface area (Å²) in [5, 5.41) is 2.68. The van der Waals surface area contributed by atoms with Crippen LogP contribution in [0.4, 0.5) is 5.00 Å². The second kappa shape index (κ2) is 8.79. The van der Waals surface area contributed by atoms with Gasteiger partial charge in [-0.2, -0.15) is 0 Å². The van der Waals surface area contributed by atoms with E-state index in [0.29, 0.717) is 5.56 Å². The lowest BCUT2D eigenvalue weighted by molar-refractivity contribution is -0.148. The summed E-state index contributed by atoms with van der Waals surface area (Å²) in [7, 11) is 0. The third-order valence-electron chi connectivity index (χ3n) is 3.60. The van der Waals surface area contributed by atoms with Gasteiger partial charge >= 0.3 is 17.9 Å². The standard InChI is InChI=1S/C17H21NO7S/c1-4-23-16(21)12-9(3)13(17(22)24-5-2)26-14(12)18-11(19)8-25-15(20)10-6-7-10/h10H,4-8H2,1-3H3,(H,18,19). The smallest absolute Gasteiger partial charge is 0.348 e. The van der Waals surface area contributed by atoms with Crippen LogP contribution in [-0.2, 0) is 23.8 Å². The van der Waals surface area contributed by atoms with E-state index in [1.807, 2.05) is 0 Å². The molecule has 2 rings (SSSR count). The molecule has 1 aromatic rings. The Morgan fingerprint density at radius 2 is 1.65 bits per heavy atom. The third kappa shape index (κ3) is 4.81. The second-order valence-corrected chi connectivity index (χ2v) is 6.65. The molecule has 1 aliphatic carbocycles. The van der Waals surface area contributed by atoms with Crippen molar-refractivity contribution < 1.29 is 33.4 Å². The maximum absolute atomic E-state index is 12.2. The Hall–Kier alpha value is -2.42. The highest BCUT2D eigenvalue weighted by Gasteiger charge is 2.32. The molecule has 26 heavy (non-hydrogen) atoms. The SMILES string of the molecule is CCOC(=O)c1sc(NC(=O)COC(=O)C2CC2)c(C(=O)OCC)c1C. The number of carbonyl (C=O) groups is 4. The quantitative estimate of drug-likeness (QED) is 0.542. The number of hydrogen-bond acceptors (Lipinski definition) is 8. The maximum atomic E-state index is 12.2. The van der Waals surface area contributed by atoms with Crippen molar-refractivity contribution in [3.05, 3.63) is 16.0 Å². The van der Waals surface area contributed by atoms with Crippen molar-refractivity contribution in [2.24, 2.45) is 5.92 Å². The average Bonchev–Trinajstić information content (AvgIpc) is 3.38. The van der Waals surface area contributed by atoms with Crippen LogP contribution in [0.2, 0.25) is 0 Å². The molecule has 1 amide bonds. The van der Waals surface area contributed by atoms with Gasteiger partial charge in [0.25, 0.3) is 5.91 Å². The summed E-state index contributed by atoms with van der Waals surface area (Å²) >= 11 is 0.922. The largest absolute Gasteiger partial charge is 0.462 e. The van der Waals surface area contributed by atoms with Gasteiger partial charge in [-0.05, 0) is 39.2 Å². The lowest BCUT2D eigenvalue weighted by atomic mass is 10.1.